The van der Waals surface area contributed by atoms with Crippen LogP contribution in [0.1, 0.15) is 52.0 Å². The average molecular weight is 723 g/mol. The molecule has 9 nitrogen and oxygen atoms in total. The molecule has 4 fully saturated rings. The monoisotopic (exact) mass is 722 g/mol. The van der Waals surface area contributed by atoms with Crippen LogP contribution in [0.25, 0.3) is 33.6 Å². The zero-order valence-electron chi connectivity index (χ0n) is 30.4. The number of hydrogen-bond donors (Lipinski definition) is 0. The van der Waals surface area contributed by atoms with E-state index in [2.05, 4.69) is 56.5 Å². The fourth-order valence-electron chi connectivity index (χ4n) is 9.53. The second kappa shape index (κ2) is 13.1. The van der Waals surface area contributed by atoms with E-state index in [0.29, 0.717) is 59.8 Å². The molecule has 2 saturated heterocycles. The first-order chi connectivity index (χ1) is 26.4. The van der Waals surface area contributed by atoms with Crippen molar-refractivity contribution in [3.05, 3.63) is 114 Å². The molecular weight excluding hydrogens is 680 g/mol. The van der Waals surface area contributed by atoms with Crippen molar-refractivity contribution in [3.8, 4) is 17.3 Å². The Labute approximate surface area is 313 Å². The molecule has 2 saturated carbocycles. The molecule has 10 heteroatoms. The smallest absolute Gasteiger partial charge is 0.254 e. The number of carbonyl (C=O) groups excluding carboxylic acids is 2. The zero-order valence-corrected chi connectivity index (χ0v) is 30.4. The number of benzene rings is 3. The van der Waals surface area contributed by atoms with Gasteiger partial charge in [-0.15, -0.1) is 0 Å². The fourth-order valence-corrected chi connectivity index (χ4v) is 9.53. The Morgan fingerprint density at radius 2 is 1.65 bits per heavy atom. The van der Waals surface area contributed by atoms with E-state index in [1.54, 1.807) is 24.1 Å². The van der Waals surface area contributed by atoms with Crippen LogP contribution in [0.15, 0.2) is 91.1 Å². The maximum absolute atomic E-state index is 14.4. The lowest BCUT2D eigenvalue weighted by Crippen LogP contribution is -2.51. The second-order valence-electron chi connectivity index (χ2n) is 15.9. The Morgan fingerprint density at radius 1 is 0.815 bits per heavy atom. The summed E-state index contributed by atoms with van der Waals surface area (Å²) in [6.07, 6.45) is 7.43. The summed E-state index contributed by atoms with van der Waals surface area (Å²) < 4.78 is 24.6. The Balaban J connectivity index is 1.01. The normalized spacial score (nSPS) is 21.0. The second-order valence-corrected chi connectivity index (χ2v) is 15.9. The summed E-state index contributed by atoms with van der Waals surface area (Å²) in [5, 5.41) is 1.05. The molecule has 2 aliphatic heterocycles. The molecule has 3 aromatic carbocycles. The number of nitrogens with zero attached hydrogens (tertiary/aromatic N) is 6. The number of rotatable bonds is 10. The summed E-state index contributed by atoms with van der Waals surface area (Å²) in [5.74, 6) is 2.57. The number of carbonyl (C=O) groups is 2. The first kappa shape index (κ1) is 33.1. The lowest BCUT2D eigenvalue weighted by Gasteiger charge is -2.39. The molecule has 2 amide bonds. The number of hydrogen-bond acceptors (Lipinski definition) is 5. The van der Waals surface area contributed by atoms with Gasteiger partial charge in [0, 0.05) is 67.4 Å². The van der Waals surface area contributed by atoms with Gasteiger partial charge in [0.2, 0.25) is 0 Å². The Kier molecular flexibility index (Phi) is 8.03. The van der Waals surface area contributed by atoms with E-state index in [9.17, 15) is 14.0 Å². The molecule has 10 rings (SSSR count). The third kappa shape index (κ3) is 5.74. The molecule has 0 spiro atoms. The SMILES string of the molecule is COc1cc(C(=O)N2CC3CCC2[C@@H]3Cc2ccccc2)cc2nc(-c3cc4cccnc4n3CC3CC3)n(CC3CN(C(=O)c4cccc(F)c4)C3)c12. The number of pyridine rings is 1. The molecule has 274 valence electrons. The van der Waals surface area contributed by atoms with Crippen molar-refractivity contribution < 1.29 is 18.7 Å². The van der Waals surface area contributed by atoms with E-state index in [1.165, 1.54) is 30.5 Å². The third-order valence-corrected chi connectivity index (χ3v) is 12.4. The van der Waals surface area contributed by atoms with Gasteiger partial charge in [-0.05, 0) is 104 Å². The van der Waals surface area contributed by atoms with E-state index in [4.69, 9.17) is 14.7 Å². The fraction of sp³-hybridized carbons (Fsp3) is 0.364. The molecule has 2 aliphatic carbocycles. The largest absolute Gasteiger partial charge is 0.494 e. The molecule has 0 radical (unpaired) electrons. The van der Waals surface area contributed by atoms with Crippen LogP contribution < -0.4 is 4.74 Å². The van der Waals surface area contributed by atoms with Crippen LogP contribution in [0.2, 0.25) is 0 Å². The Hall–Kier alpha value is -5.51. The number of halogens is 1. The minimum absolute atomic E-state index is 0.0362. The van der Waals surface area contributed by atoms with Crippen molar-refractivity contribution in [1.82, 2.24) is 28.9 Å². The molecule has 3 aromatic heterocycles. The summed E-state index contributed by atoms with van der Waals surface area (Å²) in [6.45, 7) is 3.32. The molecule has 3 atom stereocenters. The first-order valence-electron chi connectivity index (χ1n) is 19.3. The maximum atomic E-state index is 14.4. The highest BCUT2D eigenvalue weighted by Gasteiger charge is 2.48. The van der Waals surface area contributed by atoms with Crippen LogP contribution in [0.3, 0.4) is 0 Å². The standard InChI is InChI=1S/C44H43FN6O3/c1-54-39-21-33(44(53)50-26-32-14-15-37(50)35(32)17-27-7-3-2-4-8-27)19-36-40(39)51(25-29-22-48(23-29)43(52)31-9-5-11-34(45)18-31)42(47-36)38-20-30-10-6-16-46-41(30)49(38)24-28-12-13-28/h2-11,16,18-21,28-29,32,35,37H,12-15,17,22-26H2,1H3/t32?,35-,37?/m1/s1. The van der Waals surface area contributed by atoms with Crippen LogP contribution in [0.5, 0.6) is 5.75 Å². The van der Waals surface area contributed by atoms with Crippen LogP contribution in [0, 0.1) is 29.5 Å². The lowest BCUT2D eigenvalue weighted by atomic mass is 9.91. The van der Waals surface area contributed by atoms with E-state index >= 15 is 0 Å². The van der Waals surface area contributed by atoms with Gasteiger partial charge in [-0.1, -0.05) is 36.4 Å². The molecule has 5 heterocycles. The number of fused-ring (bicyclic) bond motifs is 4. The van der Waals surface area contributed by atoms with E-state index < -0.39 is 5.82 Å². The lowest BCUT2D eigenvalue weighted by molar-refractivity contribution is 0.0471. The molecule has 54 heavy (non-hydrogen) atoms. The van der Waals surface area contributed by atoms with Crippen molar-refractivity contribution in [3.63, 3.8) is 0 Å². The average Bonchev–Trinajstić information content (AvgIpc) is 3.49. The maximum Gasteiger partial charge on any atom is 0.254 e. The van der Waals surface area contributed by atoms with Gasteiger partial charge in [0.15, 0.2) is 5.82 Å². The molecule has 2 unspecified atom stereocenters. The zero-order chi connectivity index (χ0) is 36.5. The molecule has 4 aliphatic rings. The van der Waals surface area contributed by atoms with Crippen LogP contribution in [-0.4, -0.2) is 73.5 Å². The topological polar surface area (TPSA) is 85.5 Å². The highest BCUT2D eigenvalue weighted by Crippen LogP contribution is 2.46. The number of amides is 2. The van der Waals surface area contributed by atoms with E-state index in [0.717, 1.165) is 60.4 Å². The van der Waals surface area contributed by atoms with Gasteiger partial charge in [-0.2, -0.15) is 0 Å². The predicted octanol–water partition coefficient (Wildman–Crippen LogP) is 7.48. The van der Waals surface area contributed by atoms with E-state index in [1.807, 2.05) is 24.4 Å². The number of likely N-dealkylation sites (tertiary alicyclic amines) is 2. The summed E-state index contributed by atoms with van der Waals surface area (Å²) in [7, 11) is 1.66. The van der Waals surface area contributed by atoms with Gasteiger partial charge in [-0.3, -0.25) is 9.59 Å². The molecule has 2 bridgehead atoms. The van der Waals surface area contributed by atoms with Crippen molar-refractivity contribution >= 4 is 33.9 Å². The summed E-state index contributed by atoms with van der Waals surface area (Å²) in [5.41, 5.74) is 5.74. The Bertz CT molecular complexity index is 2410. The van der Waals surface area contributed by atoms with Crippen molar-refractivity contribution in [2.75, 3.05) is 26.7 Å². The summed E-state index contributed by atoms with van der Waals surface area (Å²) in [4.78, 5) is 41.7. The van der Waals surface area contributed by atoms with Gasteiger partial charge in [0.25, 0.3) is 11.8 Å². The highest BCUT2D eigenvalue weighted by atomic mass is 19.1. The van der Waals surface area contributed by atoms with Gasteiger partial charge >= 0.3 is 0 Å². The number of imidazole rings is 1. The Morgan fingerprint density at radius 3 is 2.44 bits per heavy atom. The molecule has 0 N–H and O–H groups in total. The minimum Gasteiger partial charge on any atom is -0.494 e. The van der Waals surface area contributed by atoms with Crippen molar-refractivity contribution in [2.24, 2.45) is 23.7 Å². The van der Waals surface area contributed by atoms with Gasteiger partial charge < -0.3 is 23.7 Å². The number of piperidine rings is 1. The van der Waals surface area contributed by atoms with Crippen LogP contribution in [0.4, 0.5) is 4.39 Å². The summed E-state index contributed by atoms with van der Waals surface area (Å²) >= 11 is 0. The number of ether oxygens (including phenoxy) is 1. The third-order valence-electron chi connectivity index (χ3n) is 12.4. The number of aromatic nitrogens is 4. The molecular formula is C44H43FN6O3. The van der Waals surface area contributed by atoms with Gasteiger partial charge in [-0.25, -0.2) is 14.4 Å². The van der Waals surface area contributed by atoms with Crippen molar-refractivity contribution in [1.29, 1.82) is 0 Å². The summed E-state index contributed by atoms with van der Waals surface area (Å²) in [6, 6.07) is 26.8. The van der Waals surface area contributed by atoms with Crippen molar-refractivity contribution in [2.45, 2.75) is 51.2 Å². The quantitative estimate of drug-likeness (QED) is 0.147. The number of methoxy groups -OCH3 is 1. The van der Waals surface area contributed by atoms with Crippen LogP contribution in [-0.2, 0) is 19.5 Å². The van der Waals surface area contributed by atoms with Gasteiger partial charge in [0.1, 0.15) is 22.7 Å². The highest BCUT2D eigenvalue weighted by molar-refractivity contribution is 6.00. The first-order valence-corrected chi connectivity index (χ1v) is 19.3. The predicted molar refractivity (Wildman–Crippen MR) is 205 cm³/mol. The van der Waals surface area contributed by atoms with Crippen LogP contribution >= 0.6 is 0 Å². The molecule has 6 aromatic rings. The van der Waals surface area contributed by atoms with E-state index in [-0.39, 0.29) is 23.8 Å². The van der Waals surface area contributed by atoms with Gasteiger partial charge in [0.05, 0.1) is 18.3 Å². The minimum atomic E-state index is -0.419.